The molecule has 176 valence electrons. The second-order valence-electron chi connectivity index (χ2n) is 6.84. The number of carbonyl (C=O) groups excluding carboxylic acids is 1. The second-order valence-corrected chi connectivity index (χ2v) is 9.42. The zero-order valence-corrected chi connectivity index (χ0v) is 18.7. The lowest BCUT2D eigenvalue weighted by Gasteiger charge is -2.12. The van der Waals surface area contributed by atoms with Gasteiger partial charge in [0.15, 0.2) is 11.7 Å². The van der Waals surface area contributed by atoms with Gasteiger partial charge in [-0.15, -0.1) is 11.3 Å². The number of amides is 1. The highest BCUT2D eigenvalue weighted by molar-refractivity contribution is 7.93. The van der Waals surface area contributed by atoms with Crippen LogP contribution in [0.25, 0.3) is 10.9 Å². The lowest BCUT2D eigenvalue weighted by molar-refractivity contribution is -0.137. The van der Waals surface area contributed by atoms with Crippen LogP contribution in [0.2, 0.25) is 0 Å². The van der Waals surface area contributed by atoms with Gasteiger partial charge < -0.3 is 10.1 Å². The van der Waals surface area contributed by atoms with E-state index < -0.39 is 34.3 Å². The Labute approximate surface area is 195 Å². The summed E-state index contributed by atoms with van der Waals surface area (Å²) < 4.78 is 71.6. The molecule has 0 saturated carbocycles. The monoisotopic (exact) mass is 508 g/mol. The average Bonchev–Trinajstić information content (AvgIpc) is 3.29. The maximum atomic E-state index is 13.0. The lowest BCUT2D eigenvalue weighted by Crippen LogP contribution is -2.20. The van der Waals surface area contributed by atoms with Crippen molar-refractivity contribution >= 4 is 49.0 Å². The molecule has 2 aromatic carbocycles. The minimum atomic E-state index is -4.53. The molecule has 0 aliphatic rings. The van der Waals surface area contributed by atoms with E-state index in [1.54, 1.807) is 5.38 Å². The van der Waals surface area contributed by atoms with Gasteiger partial charge in [0, 0.05) is 28.8 Å². The number of sulfonamides is 1. The number of nitrogens with zero attached hydrogens (tertiary/aromatic N) is 2. The van der Waals surface area contributed by atoms with E-state index in [1.165, 1.54) is 48.8 Å². The molecule has 2 N–H and O–H groups in total. The number of anilines is 2. The third kappa shape index (κ3) is 5.43. The van der Waals surface area contributed by atoms with Gasteiger partial charge in [0.2, 0.25) is 0 Å². The van der Waals surface area contributed by atoms with Crippen LogP contribution in [0.1, 0.15) is 5.56 Å². The number of benzene rings is 2. The minimum Gasteiger partial charge on any atom is -0.483 e. The summed E-state index contributed by atoms with van der Waals surface area (Å²) in [6.45, 7) is -0.485. The maximum Gasteiger partial charge on any atom is 0.416 e. The van der Waals surface area contributed by atoms with Crippen molar-refractivity contribution < 1.29 is 31.1 Å². The Morgan fingerprint density at radius 2 is 1.79 bits per heavy atom. The SMILES string of the molecule is O=C(COc1ccnc2ccc(C(F)(F)F)cc12)Nc1ccc(S(=O)(=O)Nc2nccs2)cc1. The molecule has 0 unspecified atom stereocenters. The molecule has 0 radical (unpaired) electrons. The van der Waals surface area contributed by atoms with E-state index in [0.29, 0.717) is 5.69 Å². The van der Waals surface area contributed by atoms with Crippen molar-refractivity contribution in [3.63, 3.8) is 0 Å². The van der Waals surface area contributed by atoms with Crippen LogP contribution >= 0.6 is 11.3 Å². The normalized spacial score (nSPS) is 11.9. The van der Waals surface area contributed by atoms with Crippen molar-refractivity contribution in [1.82, 2.24) is 9.97 Å². The van der Waals surface area contributed by atoms with Gasteiger partial charge in [0.05, 0.1) is 16.0 Å². The number of rotatable bonds is 7. The van der Waals surface area contributed by atoms with E-state index in [0.717, 1.165) is 23.5 Å². The van der Waals surface area contributed by atoms with Crippen LogP contribution in [0.4, 0.5) is 24.0 Å². The molecule has 34 heavy (non-hydrogen) atoms. The van der Waals surface area contributed by atoms with Crippen LogP contribution in [-0.2, 0) is 21.0 Å². The number of thiazole rings is 1. The Morgan fingerprint density at radius 1 is 1.03 bits per heavy atom. The number of pyridine rings is 1. The summed E-state index contributed by atoms with van der Waals surface area (Å²) in [7, 11) is -3.84. The molecule has 0 bridgehead atoms. The van der Waals surface area contributed by atoms with Crippen molar-refractivity contribution in [3.8, 4) is 5.75 Å². The fraction of sp³-hybridized carbons (Fsp3) is 0.0952. The molecule has 0 saturated heterocycles. The number of hydrogen-bond donors (Lipinski definition) is 2. The van der Waals surface area contributed by atoms with E-state index in [2.05, 4.69) is 20.0 Å². The molecular weight excluding hydrogens is 493 g/mol. The smallest absolute Gasteiger partial charge is 0.416 e. The van der Waals surface area contributed by atoms with Gasteiger partial charge in [-0.1, -0.05) is 0 Å². The molecule has 2 aromatic heterocycles. The minimum absolute atomic E-state index is 0.0272. The molecular formula is C21H15F3N4O4S2. The zero-order valence-electron chi connectivity index (χ0n) is 17.0. The number of halogens is 3. The summed E-state index contributed by atoms with van der Waals surface area (Å²) >= 11 is 1.13. The first-order valence-electron chi connectivity index (χ1n) is 9.53. The zero-order chi connectivity index (χ0) is 24.3. The molecule has 2 heterocycles. The largest absolute Gasteiger partial charge is 0.483 e. The number of nitrogens with one attached hydrogen (secondary N) is 2. The molecule has 0 fully saturated rings. The fourth-order valence-electron chi connectivity index (χ4n) is 2.93. The van der Waals surface area contributed by atoms with Gasteiger partial charge in [-0.25, -0.2) is 13.4 Å². The third-order valence-corrected chi connectivity index (χ3v) is 6.66. The van der Waals surface area contributed by atoms with Crippen LogP contribution in [0.5, 0.6) is 5.75 Å². The number of aromatic nitrogens is 2. The molecule has 8 nitrogen and oxygen atoms in total. The standard InChI is InChI=1S/C21H15F3N4O4S2/c22-21(23,24)13-1-6-17-16(11-13)18(7-8-25-17)32-12-19(29)27-14-2-4-15(5-3-14)34(30,31)28-20-26-9-10-33-20/h1-11H,12H2,(H,26,28)(H,27,29). The predicted molar refractivity (Wildman–Crippen MR) is 120 cm³/mol. The molecule has 4 aromatic rings. The van der Waals surface area contributed by atoms with Crippen molar-refractivity contribution in [2.45, 2.75) is 11.1 Å². The van der Waals surface area contributed by atoms with Gasteiger partial charge >= 0.3 is 6.18 Å². The molecule has 0 atom stereocenters. The summed E-state index contributed by atoms with van der Waals surface area (Å²) in [5.41, 5.74) is -0.267. The van der Waals surface area contributed by atoms with Gasteiger partial charge in [-0.2, -0.15) is 13.2 Å². The van der Waals surface area contributed by atoms with E-state index in [9.17, 15) is 26.4 Å². The van der Waals surface area contributed by atoms with Crippen LogP contribution < -0.4 is 14.8 Å². The summed E-state index contributed by atoms with van der Waals surface area (Å²) in [6, 6.07) is 9.83. The van der Waals surface area contributed by atoms with Crippen LogP contribution in [0.15, 0.2) is 71.2 Å². The first kappa shape index (κ1) is 23.4. The Hall–Kier alpha value is -3.71. The maximum absolute atomic E-state index is 13.0. The van der Waals surface area contributed by atoms with Crippen molar-refractivity contribution in [1.29, 1.82) is 0 Å². The van der Waals surface area contributed by atoms with Crippen LogP contribution in [-0.4, -0.2) is 30.9 Å². The Balaban J connectivity index is 1.41. The molecule has 0 spiro atoms. The predicted octanol–water partition coefficient (Wildman–Crippen LogP) is 4.53. The van der Waals surface area contributed by atoms with Crippen LogP contribution in [0, 0.1) is 0 Å². The number of ether oxygens (including phenoxy) is 1. The number of carbonyl (C=O) groups is 1. The van der Waals surface area contributed by atoms with E-state index in [4.69, 9.17) is 4.74 Å². The van der Waals surface area contributed by atoms with Gasteiger partial charge in [-0.05, 0) is 48.5 Å². The highest BCUT2D eigenvalue weighted by atomic mass is 32.2. The number of fused-ring (bicyclic) bond motifs is 1. The van der Waals surface area contributed by atoms with Crippen molar-refractivity contribution in [2.75, 3.05) is 16.6 Å². The quantitative estimate of drug-likeness (QED) is 0.380. The Morgan fingerprint density at radius 3 is 2.47 bits per heavy atom. The number of alkyl halides is 3. The highest BCUT2D eigenvalue weighted by Crippen LogP contribution is 2.33. The Bertz CT molecular complexity index is 1420. The van der Waals surface area contributed by atoms with Crippen LogP contribution in [0.3, 0.4) is 0 Å². The van der Waals surface area contributed by atoms with E-state index in [1.807, 2.05) is 0 Å². The molecule has 0 aliphatic heterocycles. The van der Waals surface area contributed by atoms with E-state index in [-0.39, 0.29) is 26.7 Å². The third-order valence-electron chi connectivity index (χ3n) is 4.49. The van der Waals surface area contributed by atoms with Gasteiger partial charge in [0.25, 0.3) is 15.9 Å². The highest BCUT2D eigenvalue weighted by Gasteiger charge is 2.30. The number of hydrogen-bond acceptors (Lipinski definition) is 7. The topological polar surface area (TPSA) is 110 Å². The van der Waals surface area contributed by atoms with Crippen molar-refractivity contribution in [2.24, 2.45) is 0 Å². The Kier molecular flexibility index (Phi) is 6.39. The fourth-order valence-corrected chi connectivity index (χ4v) is 4.72. The van der Waals surface area contributed by atoms with Crippen molar-refractivity contribution in [3.05, 3.63) is 71.9 Å². The molecule has 1 amide bonds. The molecule has 0 aliphatic carbocycles. The summed E-state index contributed by atoms with van der Waals surface area (Å²) in [6.07, 6.45) is -1.71. The summed E-state index contributed by atoms with van der Waals surface area (Å²) in [4.78, 5) is 20.1. The molecule has 4 rings (SSSR count). The second kappa shape index (κ2) is 9.27. The van der Waals surface area contributed by atoms with E-state index >= 15 is 0 Å². The van der Waals surface area contributed by atoms with Gasteiger partial charge in [-0.3, -0.25) is 14.5 Å². The summed E-state index contributed by atoms with van der Waals surface area (Å²) in [5.74, 6) is -0.519. The first-order valence-corrected chi connectivity index (χ1v) is 11.9. The van der Waals surface area contributed by atoms with Gasteiger partial charge in [0.1, 0.15) is 5.75 Å². The average molecular weight is 509 g/mol. The summed E-state index contributed by atoms with van der Waals surface area (Å²) in [5, 5.41) is 4.50. The lowest BCUT2D eigenvalue weighted by atomic mass is 10.1. The molecule has 13 heteroatoms. The first-order chi connectivity index (χ1) is 16.1.